The smallest absolute Gasteiger partial charge is 0.387 e. The van der Waals surface area contributed by atoms with Gasteiger partial charge in [0.05, 0.1) is 16.7 Å². The third-order valence-electron chi connectivity index (χ3n) is 3.08. The second-order valence-corrected chi connectivity index (χ2v) is 5.32. The van der Waals surface area contributed by atoms with Crippen LogP contribution in [0.4, 0.5) is 14.5 Å². The van der Waals surface area contributed by atoms with Gasteiger partial charge >= 0.3 is 6.61 Å². The van der Waals surface area contributed by atoms with Gasteiger partial charge in [-0.25, -0.2) is 0 Å². The first-order chi connectivity index (χ1) is 11.9. The van der Waals surface area contributed by atoms with Crippen LogP contribution in [0.2, 0.25) is 5.02 Å². The van der Waals surface area contributed by atoms with Crippen molar-refractivity contribution >= 4 is 23.2 Å². The first-order valence-corrected chi connectivity index (χ1v) is 7.49. The second-order valence-electron chi connectivity index (χ2n) is 4.91. The summed E-state index contributed by atoms with van der Waals surface area (Å²) >= 11 is 5.83. The van der Waals surface area contributed by atoms with E-state index < -0.39 is 18.6 Å². The number of carbonyl (C=O) groups excluding carboxylic acids is 1. The van der Waals surface area contributed by atoms with E-state index in [1.165, 1.54) is 18.2 Å². The number of rotatable bonds is 6. The Morgan fingerprint density at radius 3 is 2.44 bits per heavy atom. The summed E-state index contributed by atoms with van der Waals surface area (Å²) in [6.45, 7) is -1.44. The topological polar surface area (TPSA) is 71.3 Å². The Kier molecular flexibility index (Phi) is 6.14. The fraction of sp³-hybridized carbons (Fsp3) is 0.176. The van der Waals surface area contributed by atoms with Gasteiger partial charge in [0.1, 0.15) is 11.5 Å². The highest BCUT2D eigenvalue weighted by Gasteiger charge is 2.16. The first-order valence-electron chi connectivity index (χ1n) is 7.11. The Hall–Kier alpha value is -2.85. The summed E-state index contributed by atoms with van der Waals surface area (Å²) in [5.41, 5.74) is 0.789. The Labute approximate surface area is 147 Å². The normalized spacial score (nSPS) is 11.5. The Morgan fingerprint density at radius 1 is 1.20 bits per heavy atom. The van der Waals surface area contributed by atoms with Gasteiger partial charge in [0.15, 0.2) is 6.10 Å². The lowest BCUT2D eigenvalue weighted by atomic mass is 10.2. The highest BCUT2D eigenvalue weighted by molar-refractivity contribution is 6.32. The third-order valence-corrected chi connectivity index (χ3v) is 3.38. The molecular weight excluding hydrogens is 354 g/mol. The molecule has 8 heteroatoms. The van der Waals surface area contributed by atoms with Crippen LogP contribution in [0.25, 0.3) is 0 Å². The summed E-state index contributed by atoms with van der Waals surface area (Å²) in [6.07, 6.45) is -0.830. The average molecular weight is 367 g/mol. The molecule has 0 spiro atoms. The molecule has 5 nitrogen and oxygen atoms in total. The molecule has 25 heavy (non-hydrogen) atoms. The van der Waals surface area contributed by atoms with Crippen molar-refractivity contribution in [2.75, 3.05) is 5.32 Å². The van der Waals surface area contributed by atoms with Crippen molar-refractivity contribution in [1.82, 2.24) is 0 Å². The predicted molar refractivity (Wildman–Crippen MR) is 88.0 cm³/mol. The van der Waals surface area contributed by atoms with Crippen LogP contribution in [0, 0.1) is 11.3 Å². The number of alkyl halides is 2. The lowest BCUT2D eigenvalue weighted by molar-refractivity contribution is -0.122. The van der Waals surface area contributed by atoms with Crippen LogP contribution >= 0.6 is 11.6 Å². The van der Waals surface area contributed by atoms with E-state index in [4.69, 9.17) is 21.6 Å². The minimum Gasteiger partial charge on any atom is -0.481 e. The molecule has 2 aromatic rings. The summed E-state index contributed by atoms with van der Waals surface area (Å²) in [7, 11) is 0. The molecule has 2 rings (SSSR count). The first kappa shape index (κ1) is 18.5. The van der Waals surface area contributed by atoms with Crippen LogP contribution in [-0.4, -0.2) is 18.6 Å². The zero-order valence-corrected chi connectivity index (χ0v) is 13.8. The van der Waals surface area contributed by atoms with Crippen molar-refractivity contribution in [1.29, 1.82) is 5.26 Å². The average Bonchev–Trinajstić information content (AvgIpc) is 2.57. The Bertz CT molecular complexity index is 791. The lowest BCUT2D eigenvalue weighted by Gasteiger charge is -2.15. The molecule has 0 fully saturated rings. The lowest BCUT2D eigenvalue weighted by Crippen LogP contribution is -2.30. The Morgan fingerprint density at radius 2 is 1.88 bits per heavy atom. The van der Waals surface area contributed by atoms with Gasteiger partial charge in [0.25, 0.3) is 5.91 Å². The molecule has 0 saturated carbocycles. The number of nitrogens with one attached hydrogen (secondary N) is 1. The van der Waals surface area contributed by atoms with Gasteiger partial charge in [-0.3, -0.25) is 4.79 Å². The number of amides is 1. The molecule has 1 N–H and O–H groups in total. The zero-order chi connectivity index (χ0) is 18.4. The van der Waals surface area contributed by atoms with Crippen LogP contribution in [0.3, 0.4) is 0 Å². The molecule has 130 valence electrons. The van der Waals surface area contributed by atoms with Crippen molar-refractivity contribution in [2.45, 2.75) is 19.6 Å². The van der Waals surface area contributed by atoms with E-state index in [9.17, 15) is 13.6 Å². The van der Waals surface area contributed by atoms with Gasteiger partial charge in [-0.2, -0.15) is 14.0 Å². The van der Waals surface area contributed by atoms with Crippen LogP contribution in [0.5, 0.6) is 11.5 Å². The molecular formula is C17H13ClF2N2O3. The maximum absolute atomic E-state index is 12.2. The zero-order valence-electron chi connectivity index (χ0n) is 13.0. The van der Waals surface area contributed by atoms with E-state index in [0.29, 0.717) is 17.0 Å². The molecule has 0 aliphatic carbocycles. The number of nitriles is 1. The van der Waals surface area contributed by atoms with Gasteiger partial charge in [-0.1, -0.05) is 11.6 Å². The van der Waals surface area contributed by atoms with E-state index in [2.05, 4.69) is 10.1 Å². The molecule has 0 saturated heterocycles. The molecule has 2 aromatic carbocycles. The fourth-order valence-electron chi connectivity index (χ4n) is 1.88. The minimum atomic E-state index is -2.99. The standard InChI is InChI=1S/C17H13ClF2N2O3/c1-10(24-13-5-2-11(9-21)3-6-13)16(23)22-12-4-7-15(14(18)8-12)25-17(19)20/h2-8,10,17H,1H3,(H,22,23)/t10-/m0/s1. The molecule has 0 aliphatic rings. The van der Waals surface area contributed by atoms with E-state index in [1.807, 2.05) is 6.07 Å². The molecule has 0 heterocycles. The van der Waals surface area contributed by atoms with Crippen molar-refractivity contribution in [2.24, 2.45) is 0 Å². The van der Waals surface area contributed by atoms with Gasteiger partial charge < -0.3 is 14.8 Å². The second kappa shape index (κ2) is 8.31. The summed E-state index contributed by atoms with van der Waals surface area (Å²) < 4.78 is 34.1. The SMILES string of the molecule is C[C@H](Oc1ccc(C#N)cc1)C(=O)Nc1ccc(OC(F)F)c(Cl)c1. The van der Waals surface area contributed by atoms with Crippen molar-refractivity contribution in [3.63, 3.8) is 0 Å². The Balaban J connectivity index is 1.98. The van der Waals surface area contributed by atoms with Crippen molar-refractivity contribution in [3.8, 4) is 17.6 Å². The number of benzene rings is 2. The van der Waals surface area contributed by atoms with Gasteiger partial charge in [-0.15, -0.1) is 0 Å². The fourth-order valence-corrected chi connectivity index (χ4v) is 2.10. The van der Waals surface area contributed by atoms with Crippen molar-refractivity contribution < 1.29 is 23.0 Å². The summed E-state index contributed by atoms with van der Waals surface area (Å²) in [5, 5.41) is 11.2. The monoisotopic (exact) mass is 366 g/mol. The molecule has 1 atom stereocenters. The molecule has 0 radical (unpaired) electrons. The van der Waals surface area contributed by atoms with Gasteiger partial charge in [0, 0.05) is 5.69 Å². The molecule has 1 amide bonds. The number of hydrogen-bond donors (Lipinski definition) is 1. The number of nitrogens with zero attached hydrogens (tertiary/aromatic N) is 1. The van der Waals surface area contributed by atoms with E-state index in [-0.39, 0.29) is 10.8 Å². The number of carbonyl (C=O) groups is 1. The van der Waals surface area contributed by atoms with E-state index in [1.54, 1.807) is 31.2 Å². The van der Waals surface area contributed by atoms with Crippen LogP contribution < -0.4 is 14.8 Å². The number of anilines is 1. The summed E-state index contributed by atoms with van der Waals surface area (Å²) in [5.74, 6) is -0.208. The van der Waals surface area contributed by atoms with Gasteiger partial charge in [-0.05, 0) is 49.4 Å². The molecule has 0 unspecified atom stereocenters. The highest BCUT2D eigenvalue weighted by Crippen LogP contribution is 2.29. The molecule has 0 bridgehead atoms. The predicted octanol–water partition coefficient (Wildman–Crippen LogP) is 4.22. The highest BCUT2D eigenvalue weighted by atomic mass is 35.5. The maximum Gasteiger partial charge on any atom is 0.387 e. The summed E-state index contributed by atoms with van der Waals surface area (Å²) in [6, 6.07) is 12.2. The van der Waals surface area contributed by atoms with E-state index in [0.717, 1.165) is 0 Å². The summed E-state index contributed by atoms with van der Waals surface area (Å²) in [4.78, 5) is 12.1. The molecule has 0 aromatic heterocycles. The van der Waals surface area contributed by atoms with Crippen LogP contribution in [-0.2, 0) is 4.79 Å². The van der Waals surface area contributed by atoms with Crippen LogP contribution in [0.15, 0.2) is 42.5 Å². The van der Waals surface area contributed by atoms with Crippen LogP contribution in [0.1, 0.15) is 12.5 Å². The largest absolute Gasteiger partial charge is 0.481 e. The van der Waals surface area contributed by atoms with Gasteiger partial charge in [0.2, 0.25) is 0 Å². The van der Waals surface area contributed by atoms with Crippen molar-refractivity contribution in [3.05, 3.63) is 53.1 Å². The number of halogens is 3. The minimum absolute atomic E-state index is 0.0567. The molecule has 0 aliphatic heterocycles. The number of hydrogen-bond acceptors (Lipinski definition) is 4. The third kappa shape index (κ3) is 5.33. The van der Waals surface area contributed by atoms with E-state index >= 15 is 0 Å². The maximum atomic E-state index is 12.2. The quantitative estimate of drug-likeness (QED) is 0.830. The number of ether oxygens (including phenoxy) is 2.